The molecule has 1 aliphatic rings. The molecule has 0 bridgehead atoms. The molecule has 9 heteroatoms. The van der Waals surface area contributed by atoms with Crippen LogP contribution in [0, 0.1) is 5.82 Å². The molecule has 4 nitrogen and oxygen atoms in total. The third-order valence-corrected chi connectivity index (χ3v) is 6.01. The molecule has 0 saturated carbocycles. The van der Waals surface area contributed by atoms with Gasteiger partial charge in [-0.1, -0.05) is 18.2 Å². The van der Waals surface area contributed by atoms with E-state index in [1.807, 2.05) is 11.0 Å². The Morgan fingerprint density at radius 3 is 2.45 bits per heavy atom. The Bertz CT molecular complexity index is 1140. The normalized spacial score (nSPS) is 16.8. The summed E-state index contributed by atoms with van der Waals surface area (Å²) in [5.41, 5.74) is 1.34. The fraction of sp³-hybridized carbons (Fsp3) is 0.375. The first-order valence-corrected chi connectivity index (χ1v) is 10.6. The number of benzene rings is 2. The lowest BCUT2D eigenvalue weighted by molar-refractivity contribution is -0.0221. The van der Waals surface area contributed by atoms with E-state index >= 15 is 0 Å². The molecule has 0 amide bonds. The smallest absolute Gasteiger partial charge is 0.266 e. The molecular formula is C24H24F5N3O. The SMILES string of the molecule is COc1cc2nccc(NC(C)c3cccc(C(F)F)c3F)c2cc1N1CCC(F)(F)CC1. The maximum absolute atomic E-state index is 14.6. The number of alkyl halides is 4. The van der Waals surface area contributed by atoms with E-state index in [4.69, 9.17) is 4.74 Å². The monoisotopic (exact) mass is 465 g/mol. The van der Waals surface area contributed by atoms with Gasteiger partial charge in [0, 0.05) is 54.8 Å². The van der Waals surface area contributed by atoms with Gasteiger partial charge in [0.15, 0.2) is 0 Å². The molecule has 0 spiro atoms. The van der Waals surface area contributed by atoms with Crippen molar-refractivity contribution in [3.05, 3.63) is 59.5 Å². The quantitative estimate of drug-likeness (QED) is 0.410. The van der Waals surface area contributed by atoms with Crippen molar-refractivity contribution < 1.29 is 26.7 Å². The Labute approximate surface area is 188 Å². The van der Waals surface area contributed by atoms with Gasteiger partial charge in [0.05, 0.1) is 29.9 Å². The maximum atomic E-state index is 14.6. The van der Waals surface area contributed by atoms with E-state index in [0.29, 0.717) is 28.0 Å². The van der Waals surface area contributed by atoms with E-state index in [2.05, 4.69) is 10.3 Å². The number of pyridine rings is 1. The summed E-state index contributed by atoms with van der Waals surface area (Å²) in [6.07, 6.45) is -1.83. The summed E-state index contributed by atoms with van der Waals surface area (Å²) in [5.74, 6) is -3.11. The Hall–Kier alpha value is -3.10. The van der Waals surface area contributed by atoms with E-state index < -0.39 is 29.8 Å². The average Bonchev–Trinajstić information content (AvgIpc) is 2.78. The van der Waals surface area contributed by atoms with Crippen LogP contribution in [-0.2, 0) is 0 Å². The molecule has 2 heterocycles. The lowest BCUT2D eigenvalue weighted by Crippen LogP contribution is -2.39. The van der Waals surface area contributed by atoms with Crippen LogP contribution in [0.4, 0.5) is 33.3 Å². The number of fused-ring (bicyclic) bond motifs is 1. The van der Waals surface area contributed by atoms with E-state index in [0.717, 1.165) is 6.07 Å². The number of aromatic nitrogens is 1. The van der Waals surface area contributed by atoms with Crippen LogP contribution in [0.1, 0.15) is 43.4 Å². The van der Waals surface area contributed by atoms with Crippen molar-refractivity contribution in [2.24, 2.45) is 0 Å². The summed E-state index contributed by atoms with van der Waals surface area (Å²) < 4.78 is 73.7. The van der Waals surface area contributed by atoms with Crippen molar-refractivity contribution in [1.29, 1.82) is 0 Å². The molecule has 3 aromatic rings. The molecular weight excluding hydrogens is 441 g/mol. The fourth-order valence-electron chi connectivity index (χ4n) is 4.16. The van der Waals surface area contributed by atoms with Crippen molar-refractivity contribution in [2.75, 3.05) is 30.4 Å². The highest BCUT2D eigenvalue weighted by molar-refractivity contribution is 5.95. The van der Waals surface area contributed by atoms with Crippen LogP contribution < -0.4 is 15.0 Å². The molecule has 2 aromatic carbocycles. The number of ether oxygens (including phenoxy) is 1. The molecule has 33 heavy (non-hydrogen) atoms. The summed E-state index contributed by atoms with van der Waals surface area (Å²) in [7, 11) is 1.51. The highest BCUT2D eigenvalue weighted by Gasteiger charge is 2.35. The molecule has 1 aliphatic heterocycles. The summed E-state index contributed by atoms with van der Waals surface area (Å²) in [6, 6.07) is 8.56. The molecule has 1 fully saturated rings. The standard InChI is InChI=1S/C24H24F5N3O/c1-14(15-4-3-5-16(22(15)25)23(26)27)31-18-6-9-30-19-13-21(33-2)20(12-17(18)19)32-10-7-24(28,29)8-11-32/h3-6,9,12-14,23H,7-8,10-11H2,1-2H3,(H,30,31). The molecule has 176 valence electrons. The molecule has 1 N–H and O–H groups in total. The lowest BCUT2D eigenvalue weighted by atomic mass is 10.0. The third-order valence-electron chi connectivity index (χ3n) is 6.01. The van der Waals surface area contributed by atoms with E-state index in [9.17, 15) is 22.0 Å². The van der Waals surface area contributed by atoms with Crippen LogP contribution in [0.2, 0.25) is 0 Å². The number of anilines is 2. The van der Waals surface area contributed by atoms with Gasteiger partial charge in [-0.05, 0) is 19.1 Å². The van der Waals surface area contributed by atoms with Crippen molar-refractivity contribution in [2.45, 2.75) is 38.2 Å². The number of methoxy groups -OCH3 is 1. The molecule has 1 unspecified atom stereocenters. The molecule has 4 rings (SSSR count). The van der Waals surface area contributed by atoms with E-state index in [1.165, 1.54) is 19.2 Å². The van der Waals surface area contributed by atoms with Crippen molar-refractivity contribution in [3.63, 3.8) is 0 Å². The zero-order valence-electron chi connectivity index (χ0n) is 18.2. The Kier molecular flexibility index (Phi) is 6.32. The van der Waals surface area contributed by atoms with Gasteiger partial charge >= 0.3 is 0 Å². The number of hydrogen-bond donors (Lipinski definition) is 1. The van der Waals surface area contributed by atoms with E-state index in [1.54, 1.807) is 25.3 Å². The zero-order valence-corrected chi connectivity index (χ0v) is 18.2. The van der Waals surface area contributed by atoms with Gasteiger partial charge in [0.2, 0.25) is 0 Å². The minimum atomic E-state index is -2.91. The van der Waals surface area contributed by atoms with Gasteiger partial charge in [0.25, 0.3) is 12.3 Å². The van der Waals surface area contributed by atoms with Crippen molar-refractivity contribution in [3.8, 4) is 5.75 Å². The van der Waals surface area contributed by atoms with Gasteiger partial charge in [-0.3, -0.25) is 4.98 Å². The van der Waals surface area contributed by atoms with Gasteiger partial charge in [-0.25, -0.2) is 22.0 Å². The van der Waals surface area contributed by atoms with Gasteiger partial charge in [0.1, 0.15) is 11.6 Å². The Balaban J connectivity index is 1.70. The third kappa shape index (κ3) is 4.67. The molecule has 0 aliphatic carbocycles. The largest absolute Gasteiger partial charge is 0.495 e. The number of halogens is 5. The topological polar surface area (TPSA) is 37.4 Å². The number of hydrogen-bond acceptors (Lipinski definition) is 4. The number of nitrogens with one attached hydrogen (secondary N) is 1. The highest BCUT2D eigenvalue weighted by atomic mass is 19.3. The molecule has 0 radical (unpaired) electrons. The predicted molar refractivity (Wildman–Crippen MR) is 118 cm³/mol. The van der Waals surface area contributed by atoms with Crippen LogP contribution in [0.3, 0.4) is 0 Å². The molecule has 1 aromatic heterocycles. The summed E-state index contributed by atoms with van der Waals surface area (Å²) in [5, 5.41) is 3.87. The number of piperidine rings is 1. The summed E-state index contributed by atoms with van der Waals surface area (Å²) in [4.78, 5) is 6.21. The van der Waals surface area contributed by atoms with Crippen molar-refractivity contribution >= 4 is 22.3 Å². The highest BCUT2D eigenvalue weighted by Crippen LogP contribution is 2.39. The molecule has 1 saturated heterocycles. The number of nitrogens with zero attached hydrogens (tertiary/aromatic N) is 2. The van der Waals surface area contributed by atoms with Crippen LogP contribution in [-0.4, -0.2) is 31.1 Å². The van der Waals surface area contributed by atoms with Crippen LogP contribution in [0.15, 0.2) is 42.6 Å². The average molecular weight is 465 g/mol. The number of rotatable bonds is 6. The van der Waals surface area contributed by atoms with Gasteiger partial charge < -0.3 is 15.0 Å². The second kappa shape index (κ2) is 9.03. The van der Waals surface area contributed by atoms with Crippen LogP contribution in [0.25, 0.3) is 10.9 Å². The second-order valence-electron chi connectivity index (χ2n) is 8.16. The predicted octanol–water partition coefficient (Wildman–Crippen LogP) is 6.73. The van der Waals surface area contributed by atoms with Crippen LogP contribution in [0.5, 0.6) is 5.75 Å². The van der Waals surface area contributed by atoms with Gasteiger partial charge in [-0.15, -0.1) is 0 Å². The van der Waals surface area contributed by atoms with Crippen LogP contribution >= 0.6 is 0 Å². The van der Waals surface area contributed by atoms with Crippen molar-refractivity contribution in [1.82, 2.24) is 4.98 Å². The van der Waals surface area contributed by atoms with E-state index in [-0.39, 0.29) is 31.5 Å². The Morgan fingerprint density at radius 2 is 1.79 bits per heavy atom. The molecule has 1 atom stereocenters. The first kappa shape index (κ1) is 23.1. The zero-order chi connectivity index (χ0) is 23.8. The first-order chi connectivity index (χ1) is 15.7. The fourth-order valence-corrected chi connectivity index (χ4v) is 4.16. The summed E-state index contributed by atoms with van der Waals surface area (Å²) >= 11 is 0. The summed E-state index contributed by atoms with van der Waals surface area (Å²) in [6.45, 7) is 2.04. The minimum absolute atomic E-state index is 0.116. The van der Waals surface area contributed by atoms with Gasteiger partial charge in [-0.2, -0.15) is 0 Å². The first-order valence-electron chi connectivity index (χ1n) is 10.6. The lowest BCUT2D eigenvalue weighted by Gasteiger charge is -2.34. The Morgan fingerprint density at radius 1 is 1.09 bits per heavy atom. The maximum Gasteiger partial charge on any atom is 0.266 e. The second-order valence-corrected chi connectivity index (χ2v) is 8.16. The minimum Gasteiger partial charge on any atom is -0.495 e.